The van der Waals surface area contributed by atoms with E-state index in [0.29, 0.717) is 12.1 Å². The fraction of sp³-hybridized carbons (Fsp3) is 0.750. The lowest BCUT2D eigenvalue weighted by atomic mass is 9.81. The Bertz CT molecular complexity index is 281. The summed E-state index contributed by atoms with van der Waals surface area (Å²) in [6.07, 6.45) is 11.2. The third-order valence-corrected chi connectivity index (χ3v) is 3.78. The van der Waals surface area contributed by atoms with Crippen molar-refractivity contribution >= 4 is 0 Å². The molecule has 0 radical (unpaired) electrons. The van der Waals surface area contributed by atoms with Crippen molar-refractivity contribution in [1.82, 2.24) is 14.9 Å². The summed E-state index contributed by atoms with van der Waals surface area (Å²) >= 11 is 0. The summed E-state index contributed by atoms with van der Waals surface area (Å²) in [5.74, 6) is 0.891. The van der Waals surface area contributed by atoms with E-state index in [1.165, 1.54) is 25.7 Å². The smallest absolute Gasteiger partial charge is 0.0949 e. The molecule has 0 aliphatic heterocycles. The third-order valence-electron chi connectivity index (χ3n) is 3.78. The first-order valence-corrected chi connectivity index (χ1v) is 5.99. The van der Waals surface area contributed by atoms with Crippen LogP contribution in [0.5, 0.6) is 0 Å². The summed E-state index contributed by atoms with van der Waals surface area (Å²) in [6.45, 7) is 2.30. The molecule has 0 saturated heterocycles. The van der Waals surface area contributed by atoms with Crippen molar-refractivity contribution in [2.45, 2.75) is 44.7 Å². The summed E-state index contributed by atoms with van der Waals surface area (Å²) < 4.78 is 2.27. The molecule has 1 aromatic rings. The average Bonchev–Trinajstić information content (AvgIpc) is 2.81. The first-order valence-electron chi connectivity index (χ1n) is 5.99. The van der Waals surface area contributed by atoms with E-state index in [1.54, 1.807) is 0 Å². The monoisotopic (exact) mass is 207 g/mol. The van der Waals surface area contributed by atoms with E-state index in [1.807, 2.05) is 12.5 Å². The van der Waals surface area contributed by atoms with Crippen molar-refractivity contribution in [3.63, 3.8) is 0 Å². The van der Waals surface area contributed by atoms with E-state index in [-0.39, 0.29) is 0 Å². The second-order valence-corrected chi connectivity index (χ2v) is 4.56. The zero-order valence-electron chi connectivity index (χ0n) is 9.69. The number of imidazole rings is 1. The molecule has 15 heavy (non-hydrogen) atoms. The van der Waals surface area contributed by atoms with Crippen molar-refractivity contribution in [3.8, 4) is 0 Å². The van der Waals surface area contributed by atoms with Crippen molar-refractivity contribution in [3.05, 3.63) is 18.7 Å². The molecule has 0 aromatic carbocycles. The number of aromatic nitrogens is 2. The van der Waals surface area contributed by atoms with Crippen molar-refractivity contribution < 1.29 is 0 Å². The van der Waals surface area contributed by atoms with Gasteiger partial charge in [0.1, 0.15) is 0 Å². The Balaban J connectivity index is 2.10. The van der Waals surface area contributed by atoms with Crippen molar-refractivity contribution in [1.29, 1.82) is 0 Å². The maximum absolute atomic E-state index is 4.15. The molecule has 1 aliphatic rings. The second-order valence-electron chi connectivity index (χ2n) is 4.56. The molecular formula is C12H21N3. The molecule has 1 saturated carbocycles. The fourth-order valence-electron chi connectivity index (χ4n) is 2.73. The lowest BCUT2D eigenvalue weighted by Crippen LogP contribution is -2.39. The first kappa shape index (κ1) is 10.7. The summed E-state index contributed by atoms with van der Waals surface area (Å²) in [6, 6.07) is 1.21. The Morgan fingerprint density at radius 1 is 1.47 bits per heavy atom. The largest absolute Gasteiger partial charge is 0.333 e. The fourth-order valence-corrected chi connectivity index (χ4v) is 2.73. The molecule has 1 N–H and O–H groups in total. The molecule has 1 aromatic heterocycles. The van der Waals surface area contributed by atoms with E-state index >= 15 is 0 Å². The lowest BCUT2D eigenvalue weighted by Gasteiger charge is -2.36. The standard InChI is InChI=1S/C12H21N3/c1-3-10-4-5-11(13-2)12(8-10)15-7-6-14-9-15/h6-7,9-13H,3-5,8H2,1-2H3. The van der Waals surface area contributed by atoms with Crippen LogP contribution in [0.2, 0.25) is 0 Å². The molecule has 2 rings (SSSR count). The van der Waals surface area contributed by atoms with E-state index in [9.17, 15) is 0 Å². The van der Waals surface area contributed by atoms with Crippen LogP contribution < -0.4 is 5.32 Å². The van der Waals surface area contributed by atoms with Crippen LogP contribution in [0.3, 0.4) is 0 Å². The Hall–Kier alpha value is -0.830. The van der Waals surface area contributed by atoms with Crippen LogP contribution in [0, 0.1) is 5.92 Å². The molecule has 0 amide bonds. The molecule has 1 heterocycles. The van der Waals surface area contributed by atoms with Crippen LogP contribution in [0.25, 0.3) is 0 Å². The maximum Gasteiger partial charge on any atom is 0.0949 e. The van der Waals surface area contributed by atoms with Crippen LogP contribution in [-0.4, -0.2) is 22.6 Å². The molecule has 84 valence electrons. The molecule has 3 heteroatoms. The predicted octanol–water partition coefficient (Wildman–Crippen LogP) is 2.22. The molecule has 3 nitrogen and oxygen atoms in total. The Morgan fingerprint density at radius 2 is 2.33 bits per heavy atom. The minimum Gasteiger partial charge on any atom is -0.333 e. The van der Waals surface area contributed by atoms with Gasteiger partial charge in [0, 0.05) is 18.4 Å². The number of nitrogens with zero attached hydrogens (tertiary/aromatic N) is 2. The van der Waals surface area contributed by atoms with E-state index in [0.717, 1.165) is 5.92 Å². The van der Waals surface area contributed by atoms with Gasteiger partial charge < -0.3 is 9.88 Å². The van der Waals surface area contributed by atoms with Gasteiger partial charge in [0.15, 0.2) is 0 Å². The summed E-state index contributed by atoms with van der Waals surface area (Å²) in [5.41, 5.74) is 0. The van der Waals surface area contributed by atoms with Crippen LogP contribution in [0.15, 0.2) is 18.7 Å². The SMILES string of the molecule is CCC1CCC(NC)C(n2ccnc2)C1. The number of nitrogens with one attached hydrogen (secondary N) is 1. The van der Waals surface area contributed by atoms with Gasteiger partial charge in [0.05, 0.1) is 12.4 Å². The lowest BCUT2D eigenvalue weighted by molar-refractivity contribution is 0.208. The van der Waals surface area contributed by atoms with Gasteiger partial charge in [-0.15, -0.1) is 0 Å². The predicted molar refractivity (Wildman–Crippen MR) is 61.7 cm³/mol. The van der Waals surface area contributed by atoms with Gasteiger partial charge in [-0.1, -0.05) is 13.3 Å². The van der Waals surface area contributed by atoms with Crippen LogP contribution >= 0.6 is 0 Å². The van der Waals surface area contributed by atoms with E-state index < -0.39 is 0 Å². The van der Waals surface area contributed by atoms with Crippen molar-refractivity contribution in [2.24, 2.45) is 5.92 Å². The van der Waals surface area contributed by atoms with Gasteiger partial charge >= 0.3 is 0 Å². The first-order chi connectivity index (χ1) is 7.35. The highest BCUT2D eigenvalue weighted by Gasteiger charge is 2.29. The molecule has 1 aliphatic carbocycles. The number of hydrogen-bond donors (Lipinski definition) is 1. The van der Waals surface area contributed by atoms with E-state index in [2.05, 4.69) is 35.0 Å². The van der Waals surface area contributed by atoms with Gasteiger partial charge in [-0.3, -0.25) is 0 Å². The van der Waals surface area contributed by atoms with Crippen LogP contribution in [0.4, 0.5) is 0 Å². The number of hydrogen-bond acceptors (Lipinski definition) is 2. The number of rotatable bonds is 3. The molecule has 0 spiro atoms. The maximum atomic E-state index is 4.15. The van der Waals surface area contributed by atoms with Gasteiger partial charge in [-0.05, 0) is 32.2 Å². The van der Waals surface area contributed by atoms with Gasteiger partial charge in [-0.25, -0.2) is 4.98 Å². The molecule has 3 unspecified atom stereocenters. The van der Waals surface area contributed by atoms with Gasteiger partial charge in [-0.2, -0.15) is 0 Å². The Morgan fingerprint density at radius 3 is 2.93 bits per heavy atom. The minimum atomic E-state index is 0.594. The quantitative estimate of drug-likeness (QED) is 0.823. The summed E-state index contributed by atoms with van der Waals surface area (Å²) in [7, 11) is 2.07. The van der Waals surface area contributed by atoms with Gasteiger partial charge in [0.25, 0.3) is 0 Å². The Kier molecular flexibility index (Phi) is 3.41. The zero-order chi connectivity index (χ0) is 10.7. The number of likely N-dealkylation sites (N-methyl/N-ethyl adjacent to an activating group) is 1. The van der Waals surface area contributed by atoms with Crippen LogP contribution in [0.1, 0.15) is 38.6 Å². The second kappa shape index (κ2) is 4.79. The highest BCUT2D eigenvalue weighted by Crippen LogP contribution is 2.34. The molecule has 3 atom stereocenters. The molecule has 1 fully saturated rings. The van der Waals surface area contributed by atoms with Crippen molar-refractivity contribution in [2.75, 3.05) is 7.05 Å². The summed E-state index contributed by atoms with van der Waals surface area (Å²) in [5, 5.41) is 3.44. The van der Waals surface area contributed by atoms with E-state index in [4.69, 9.17) is 0 Å². The Labute approximate surface area is 91.9 Å². The summed E-state index contributed by atoms with van der Waals surface area (Å²) in [4.78, 5) is 4.15. The zero-order valence-corrected chi connectivity index (χ0v) is 9.69. The highest BCUT2D eigenvalue weighted by molar-refractivity contribution is 4.91. The van der Waals surface area contributed by atoms with Gasteiger partial charge in [0.2, 0.25) is 0 Å². The minimum absolute atomic E-state index is 0.594. The molecular weight excluding hydrogens is 186 g/mol. The normalized spacial score (nSPS) is 31.7. The van der Waals surface area contributed by atoms with Crippen LogP contribution in [-0.2, 0) is 0 Å². The highest BCUT2D eigenvalue weighted by atomic mass is 15.1. The average molecular weight is 207 g/mol. The molecule has 0 bridgehead atoms. The topological polar surface area (TPSA) is 29.9 Å². The third kappa shape index (κ3) is 2.23.